The highest BCUT2D eigenvalue weighted by atomic mass is 19.3. The lowest BCUT2D eigenvalue weighted by Crippen LogP contribution is -2.70. The van der Waals surface area contributed by atoms with E-state index in [9.17, 15) is 47.1 Å². The number of carbonyl (C=O) groups excluding carboxylic acids is 8. The summed E-state index contributed by atoms with van der Waals surface area (Å²) in [5.41, 5.74) is 0.144. The molecule has 1 aromatic heterocycles. The third-order valence-electron chi connectivity index (χ3n) is 11.0. The maximum absolute atomic E-state index is 13.9. The standard InChI is InChI=1S/C51H76F2N6O20/c1-33(60)73-32-43(65)56-44-40(75-34(2)61)28-51(48(66)68-8,78-46(44)45(77-36(4)63)41(76-35(3)62)29-55-42(64)27-37-13-15-38(16-14-37)47(52)53)74-19-12-10-9-11-18-59-30-39(57-58-59)31-72-26-25-71-24-23-70-22-21-69-20-17-54-49(67)79-50(5,6)7/h13-16,30,40-41,44-47H,9-12,17-29,31-32H2,1-8H3,(H,54,67)(H,55,64)(H,56,65)/t40-,41+,44+,45+,46+,51+/m0/s1. The molecule has 1 aliphatic rings. The smallest absolute Gasteiger partial charge is 0.407 e. The van der Waals surface area contributed by atoms with Gasteiger partial charge < -0.3 is 72.8 Å². The number of rotatable bonds is 36. The molecule has 0 radical (unpaired) electrons. The van der Waals surface area contributed by atoms with Crippen LogP contribution in [0.2, 0.25) is 0 Å². The lowest BCUT2D eigenvalue weighted by molar-refractivity contribution is -0.313. The van der Waals surface area contributed by atoms with Crippen molar-refractivity contribution in [1.82, 2.24) is 30.9 Å². The summed E-state index contributed by atoms with van der Waals surface area (Å²) in [5.74, 6) is -8.80. The van der Waals surface area contributed by atoms with E-state index < -0.39 is 116 Å². The number of alkyl halides is 2. The zero-order chi connectivity index (χ0) is 58.4. The molecular formula is C51H76F2N6O20. The van der Waals surface area contributed by atoms with E-state index in [1.165, 1.54) is 12.1 Å². The molecule has 1 saturated heterocycles. The predicted molar refractivity (Wildman–Crippen MR) is 268 cm³/mol. The van der Waals surface area contributed by atoms with E-state index in [1.54, 1.807) is 31.6 Å². The van der Waals surface area contributed by atoms with Crippen LogP contribution in [0.4, 0.5) is 13.6 Å². The summed E-state index contributed by atoms with van der Waals surface area (Å²) < 4.78 is 94.7. The highest BCUT2D eigenvalue weighted by Gasteiger charge is 2.59. The highest BCUT2D eigenvalue weighted by molar-refractivity contribution is 5.81. The highest BCUT2D eigenvalue weighted by Crippen LogP contribution is 2.37. The number of unbranched alkanes of at least 4 members (excludes halogenated alkanes) is 3. The van der Waals surface area contributed by atoms with Crippen molar-refractivity contribution in [2.75, 3.05) is 79.7 Å². The molecule has 1 fully saturated rings. The second-order valence-electron chi connectivity index (χ2n) is 18.9. The van der Waals surface area contributed by atoms with Crippen LogP contribution < -0.4 is 16.0 Å². The molecule has 2 heterocycles. The van der Waals surface area contributed by atoms with Crippen molar-refractivity contribution >= 4 is 47.8 Å². The fourth-order valence-electron chi connectivity index (χ4n) is 7.64. The zero-order valence-electron chi connectivity index (χ0n) is 46.0. The Morgan fingerprint density at radius 1 is 0.772 bits per heavy atom. The van der Waals surface area contributed by atoms with Gasteiger partial charge in [0.15, 0.2) is 18.8 Å². The summed E-state index contributed by atoms with van der Waals surface area (Å²) in [6.45, 7) is 11.4. The van der Waals surface area contributed by atoms with E-state index in [1.807, 2.05) is 0 Å². The molecule has 0 spiro atoms. The summed E-state index contributed by atoms with van der Waals surface area (Å²) in [5, 5.41) is 16.0. The lowest BCUT2D eigenvalue weighted by atomic mass is 9.87. The van der Waals surface area contributed by atoms with E-state index in [4.69, 9.17) is 56.8 Å². The van der Waals surface area contributed by atoms with E-state index >= 15 is 0 Å². The molecule has 1 aromatic carbocycles. The van der Waals surface area contributed by atoms with Crippen LogP contribution >= 0.6 is 0 Å². The van der Waals surface area contributed by atoms with Gasteiger partial charge >= 0.3 is 35.9 Å². The number of nitrogens with zero attached hydrogens (tertiary/aromatic N) is 3. The first-order chi connectivity index (χ1) is 37.5. The quantitative estimate of drug-likeness (QED) is 0.0502. The summed E-state index contributed by atoms with van der Waals surface area (Å²) in [6.07, 6.45) is -6.92. The molecule has 1 aliphatic heterocycles. The van der Waals surface area contributed by atoms with E-state index in [0.717, 1.165) is 46.9 Å². The summed E-state index contributed by atoms with van der Waals surface area (Å²) >= 11 is 0. The first-order valence-corrected chi connectivity index (χ1v) is 25.7. The van der Waals surface area contributed by atoms with Crippen molar-refractivity contribution in [3.8, 4) is 0 Å². The molecule has 26 nitrogen and oxygen atoms in total. The number of nitrogens with one attached hydrogen (secondary N) is 3. The van der Waals surface area contributed by atoms with E-state index in [-0.39, 0.29) is 25.2 Å². The number of aromatic nitrogens is 3. The number of benzene rings is 1. The number of esters is 5. The third kappa shape index (κ3) is 26.8. The minimum atomic E-state index is -2.73. The van der Waals surface area contributed by atoms with Gasteiger partial charge in [0.1, 0.15) is 23.5 Å². The van der Waals surface area contributed by atoms with Crippen molar-refractivity contribution in [1.29, 1.82) is 0 Å². The van der Waals surface area contributed by atoms with Crippen molar-refractivity contribution in [2.24, 2.45) is 0 Å². The molecule has 3 N–H and O–H groups in total. The van der Waals surface area contributed by atoms with Crippen LogP contribution in [-0.2, 0) is 110 Å². The molecule has 0 bridgehead atoms. The Bertz CT molecular complexity index is 2230. The van der Waals surface area contributed by atoms with Gasteiger partial charge in [0.05, 0.1) is 98.2 Å². The summed E-state index contributed by atoms with van der Waals surface area (Å²) in [6, 6.07) is 3.43. The fourth-order valence-corrected chi connectivity index (χ4v) is 7.64. The van der Waals surface area contributed by atoms with Crippen molar-refractivity contribution < 1.29 is 104 Å². The van der Waals surface area contributed by atoms with Gasteiger partial charge in [0.25, 0.3) is 18.1 Å². The molecule has 6 atom stereocenters. The normalized spacial score (nSPS) is 17.9. The van der Waals surface area contributed by atoms with Crippen LogP contribution in [-0.4, -0.2) is 184 Å². The molecule has 0 saturated carbocycles. The number of amides is 3. The topological polar surface area (TPSA) is 314 Å². The van der Waals surface area contributed by atoms with Crippen LogP contribution in [0.5, 0.6) is 0 Å². The fraction of sp³-hybridized carbons (Fsp3) is 0.686. The Kier molecular flexibility index (Phi) is 29.8. The first kappa shape index (κ1) is 66.8. The first-order valence-electron chi connectivity index (χ1n) is 25.7. The minimum Gasteiger partial charge on any atom is -0.465 e. The Hall–Kier alpha value is -6.46. The van der Waals surface area contributed by atoms with Gasteiger partial charge in [-0.25, -0.2) is 18.4 Å². The molecule has 0 unspecified atom stereocenters. The SMILES string of the molecule is COC(=O)[C@@]1(OCCCCCCn2cc(COCCOCCOCCOCCNC(=O)OC(C)(C)C)nn2)C[C@H](OC(C)=O)[C@@H](NC(=O)COC(C)=O)[C@H]([C@H](OC(C)=O)[C@@H](CNC(=O)Cc2ccc(C(F)F)cc2)OC(C)=O)O1. The minimum absolute atomic E-state index is 0.146. The molecule has 3 amide bonds. The Labute approximate surface area is 457 Å². The van der Waals surface area contributed by atoms with Gasteiger partial charge in [-0.15, -0.1) is 5.10 Å². The Balaban J connectivity index is 1.60. The van der Waals surface area contributed by atoms with E-state index in [0.29, 0.717) is 96.3 Å². The average molecular weight is 1130 g/mol. The summed E-state index contributed by atoms with van der Waals surface area (Å²) in [4.78, 5) is 102. The predicted octanol–water partition coefficient (Wildman–Crippen LogP) is 2.74. The maximum Gasteiger partial charge on any atom is 0.407 e. The number of halogens is 2. The van der Waals surface area contributed by atoms with Gasteiger partial charge in [-0.3, -0.25) is 33.4 Å². The number of alkyl carbamates (subject to hydrolysis) is 1. The van der Waals surface area contributed by atoms with Gasteiger partial charge in [-0.1, -0.05) is 42.3 Å². The molecule has 0 aliphatic carbocycles. The lowest BCUT2D eigenvalue weighted by Gasteiger charge is -2.48. The number of methoxy groups -OCH3 is 1. The number of aryl methyl sites for hydroxylation is 1. The third-order valence-corrected chi connectivity index (χ3v) is 11.0. The van der Waals surface area contributed by atoms with Crippen LogP contribution in [0.1, 0.15) is 104 Å². The van der Waals surface area contributed by atoms with Crippen LogP contribution in [0.3, 0.4) is 0 Å². The molecule has 3 rings (SSSR count). The molecule has 79 heavy (non-hydrogen) atoms. The Morgan fingerprint density at radius 3 is 2.00 bits per heavy atom. The number of ether oxygens (including phenoxy) is 12. The van der Waals surface area contributed by atoms with Crippen molar-refractivity contribution in [3.05, 3.63) is 47.3 Å². The molecular weight excluding hydrogens is 1050 g/mol. The van der Waals surface area contributed by atoms with E-state index in [2.05, 4.69) is 26.3 Å². The molecule has 2 aromatic rings. The van der Waals surface area contributed by atoms with Gasteiger partial charge in [-0.05, 0) is 39.2 Å². The number of carbonyl (C=O) groups is 8. The van der Waals surface area contributed by atoms with Crippen LogP contribution in [0.25, 0.3) is 0 Å². The molecule has 28 heteroatoms. The number of hydrogen-bond acceptors (Lipinski definition) is 22. The van der Waals surface area contributed by atoms with Crippen molar-refractivity contribution in [2.45, 2.75) is 148 Å². The summed E-state index contributed by atoms with van der Waals surface area (Å²) in [7, 11) is 1.04. The Morgan fingerprint density at radius 2 is 1.41 bits per heavy atom. The van der Waals surface area contributed by atoms with Crippen LogP contribution in [0.15, 0.2) is 30.5 Å². The zero-order valence-corrected chi connectivity index (χ0v) is 46.0. The largest absolute Gasteiger partial charge is 0.465 e. The number of hydrogen-bond donors (Lipinski definition) is 3. The van der Waals surface area contributed by atoms with Gasteiger partial charge in [0, 0.05) is 46.3 Å². The van der Waals surface area contributed by atoms with Gasteiger partial charge in [-0.2, -0.15) is 0 Å². The second-order valence-corrected chi connectivity index (χ2v) is 18.9. The monoisotopic (exact) mass is 1130 g/mol. The molecule has 444 valence electrons. The van der Waals surface area contributed by atoms with Crippen LogP contribution in [0, 0.1) is 0 Å². The van der Waals surface area contributed by atoms with Crippen molar-refractivity contribution in [3.63, 3.8) is 0 Å². The van der Waals surface area contributed by atoms with Gasteiger partial charge in [0.2, 0.25) is 5.91 Å². The maximum atomic E-state index is 13.9. The second kappa shape index (κ2) is 35.2. The average Bonchev–Trinajstić information content (AvgIpc) is 3.91.